The Morgan fingerprint density at radius 2 is 1.77 bits per heavy atom. The van der Waals surface area contributed by atoms with Gasteiger partial charge in [-0.25, -0.2) is 4.79 Å². The van der Waals surface area contributed by atoms with Crippen LogP contribution in [0.3, 0.4) is 0 Å². The van der Waals surface area contributed by atoms with E-state index in [2.05, 4.69) is 15.5 Å². The monoisotopic (exact) mass is 599 g/mol. The summed E-state index contributed by atoms with van der Waals surface area (Å²) in [5.41, 5.74) is 0.806. The number of amides is 2. The Morgan fingerprint density at radius 1 is 1.02 bits per heavy atom. The number of benzene rings is 1. The number of carbonyl (C=O) groups excluding carboxylic acids is 4. The third-order valence-corrected chi connectivity index (χ3v) is 8.29. The molecule has 0 spiro atoms. The first-order valence-corrected chi connectivity index (χ1v) is 15.6. The number of nitrogens with one attached hydrogen (secondary N) is 2. The maximum absolute atomic E-state index is 13.5. The number of esters is 2. The van der Waals surface area contributed by atoms with Gasteiger partial charge in [-0.15, -0.1) is 0 Å². The molecule has 1 aromatic carbocycles. The molecular weight excluding hydrogens is 554 g/mol. The summed E-state index contributed by atoms with van der Waals surface area (Å²) in [5, 5.41) is 16.6. The second-order valence-corrected chi connectivity index (χ2v) is 11.7. The van der Waals surface area contributed by atoms with Crippen LogP contribution in [0, 0.1) is 5.92 Å². The Labute approximate surface area is 253 Å². The first-order chi connectivity index (χ1) is 20.9. The zero-order valence-corrected chi connectivity index (χ0v) is 24.8. The summed E-state index contributed by atoms with van der Waals surface area (Å²) in [4.78, 5) is 54.3. The van der Waals surface area contributed by atoms with Gasteiger partial charge in [0.05, 0.1) is 19.3 Å². The molecule has 0 aromatic heterocycles. The third-order valence-electron chi connectivity index (χ3n) is 8.29. The van der Waals surface area contributed by atoms with Crippen LogP contribution in [0.25, 0.3) is 6.08 Å². The molecule has 2 saturated heterocycles. The van der Waals surface area contributed by atoms with Gasteiger partial charge in [0.1, 0.15) is 18.8 Å². The molecule has 11 heteroatoms. The third kappa shape index (κ3) is 11.1. The minimum absolute atomic E-state index is 0.0558. The average Bonchev–Trinajstić information content (AvgIpc) is 3.02. The van der Waals surface area contributed by atoms with Gasteiger partial charge in [0.25, 0.3) is 0 Å². The Balaban J connectivity index is 1.49. The van der Waals surface area contributed by atoms with E-state index in [1.54, 1.807) is 6.08 Å². The van der Waals surface area contributed by atoms with Crippen LogP contribution in [-0.2, 0) is 33.4 Å². The second-order valence-electron chi connectivity index (χ2n) is 11.7. The smallest absolute Gasteiger partial charge is 0.337 e. The molecule has 3 fully saturated rings. The fourth-order valence-electron chi connectivity index (χ4n) is 5.85. The normalized spacial score (nSPS) is 27.5. The summed E-state index contributed by atoms with van der Waals surface area (Å²) in [5.74, 6) is -2.28. The Bertz CT molecular complexity index is 1090. The van der Waals surface area contributed by atoms with Crippen LogP contribution in [0.2, 0.25) is 0 Å². The molecule has 236 valence electrons. The van der Waals surface area contributed by atoms with Gasteiger partial charge in [-0.2, -0.15) is 0 Å². The van der Waals surface area contributed by atoms with E-state index in [0.29, 0.717) is 52.1 Å². The van der Waals surface area contributed by atoms with Crippen molar-refractivity contribution >= 4 is 29.8 Å². The van der Waals surface area contributed by atoms with Crippen molar-refractivity contribution in [2.24, 2.45) is 5.92 Å². The number of cyclic esters (lactones) is 2. The second kappa shape index (κ2) is 17.1. The van der Waals surface area contributed by atoms with Crippen molar-refractivity contribution in [3.8, 4) is 0 Å². The summed E-state index contributed by atoms with van der Waals surface area (Å²) in [6.45, 7) is 2.67. The Hall–Kier alpha value is -3.28. The Morgan fingerprint density at radius 3 is 2.51 bits per heavy atom. The first-order valence-electron chi connectivity index (χ1n) is 15.6. The quantitative estimate of drug-likeness (QED) is 0.317. The lowest BCUT2D eigenvalue weighted by molar-refractivity contribution is -0.163. The zero-order valence-electron chi connectivity index (χ0n) is 24.8. The van der Waals surface area contributed by atoms with E-state index in [4.69, 9.17) is 14.2 Å². The topological polar surface area (TPSA) is 144 Å². The van der Waals surface area contributed by atoms with Crippen molar-refractivity contribution < 1.29 is 38.5 Å². The van der Waals surface area contributed by atoms with Crippen LogP contribution in [0.4, 0.5) is 0 Å². The van der Waals surface area contributed by atoms with Crippen LogP contribution < -0.4 is 10.6 Å². The van der Waals surface area contributed by atoms with Gasteiger partial charge >= 0.3 is 11.9 Å². The number of hydrogen-bond donors (Lipinski definition) is 3. The maximum atomic E-state index is 13.5. The van der Waals surface area contributed by atoms with Gasteiger partial charge in [-0.05, 0) is 36.8 Å². The van der Waals surface area contributed by atoms with E-state index >= 15 is 0 Å². The standard InChI is InChI=1S/C32H45N3O8/c36-28(15-14-23-8-3-1-4-9-23)33-27-22-42-29(37)13-7-12-25(21-35-16-18-41-19-17-35)43-32(40)30(38)26(34-31(27)39)20-24-10-5-2-6-11-24/h1,3-4,8-9,14-15,24-27,30,38H,2,5-7,10-13,16-22H2,(H,33,36)(H,34,39)/b15-14+/t25?,26-,27?,30+/m0/s1. The minimum Gasteiger partial charge on any atom is -0.463 e. The maximum Gasteiger partial charge on any atom is 0.337 e. The number of nitrogens with zero attached hydrogens (tertiary/aromatic N) is 1. The molecule has 1 saturated carbocycles. The summed E-state index contributed by atoms with van der Waals surface area (Å²) >= 11 is 0. The summed E-state index contributed by atoms with van der Waals surface area (Å²) < 4.78 is 16.6. The SMILES string of the molecule is O=C(/C=C/c1ccccc1)NC1COC(=O)CCCC(CN2CCOCC2)OC(=O)[C@H](O)[C@H](CC2CCCCC2)NC1=O. The van der Waals surface area contributed by atoms with E-state index < -0.39 is 48.0 Å². The number of hydrogen-bond acceptors (Lipinski definition) is 9. The van der Waals surface area contributed by atoms with Gasteiger partial charge in [-0.1, -0.05) is 62.4 Å². The van der Waals surface area contributed by atoms with E-state index in [-0.39, 0.29) is 18.9 Å². The number of ether oxygens (including phenoxy) is 3. The van der Waals surface area contributed by atoms with E-state index in [0.717, 1.165) is 37.7 Å². The predicted octanol–water partition coefficient (Wildman–Crippen LogP) is 1.97. The van der Waals surface area contributed by atoms with Crippen molar-refractivity contribution in [1.29, 1.82) is 0 Å². The van der Waals surface area contributed by atoms with Crippen LogP contribution in [0.15, 0.2) is 36.4 Å². The highest BCUT2D eigenvalue weighted by Gasteiger charge is 2.35. The Kier molecular flexibility index (Phi) is 13.0. The summed E-state index contributed by atoms with van der Waals surface area (Å²) in [6, 6.07) is 7.08. The zero-order chi connectivity index (χ0) is 30.4. The molecule has 2 heterocycles. The number of aliphatic hydroxyl groups is 1. The van der Waals surface area contributed by atoms with Crippen molar-refractivity contribution in [2.75, 3.05) is 39.5 Å². The molecule has 1 aliphatic carbocycles. The highest BCUT2D eigenvalue weighted by Crippen LogP contribution is 2.28. The molecule has 4 rings (SSSR count). The van der Waals surface area contributed by atoms with Crippen LogP contribution in [0.1, 0.15) is 63.4 Å². The molecule has 3 aliphatic rings. The first kappa shape index (κ1) is 32.6. The highest BCUT2D eigenvalue weighted by atomic mass is 16.6. The van der Waals surface area contributed by atoms with Crippen LogP contribution in [0.5, 0.6) is 0 Å². The summed E-state index contributed by atoms with van der Waals surface area (Å²) in [7, 11) is 0. The molecule has 43 heavy (non-hydrogen) atoms. The van der Waals surface area contributed by atoms with Gasteiger partial charge in [0, 0.05) is 32.1 Å². The molecule has 2 amide bonds. The van der Waals surface area contributed by atoms with Crippen LogP contribution >= 0.6 is 0 Å². The lowest BCUT2D eigenvalue weighted by Gasteiger charge is -2.33. The molecule has 0 radical (unpaired) electrons. The fraction of sp³-hybridized carbons (Fsp3) is 0.625. The minimum atomic E-state index is -1.59. The molecule has 2 unspecified atom stereocenters. The number of carbonyl (C=O) groups is 4. The van der Waals surface area contributed by atoms with Crippen LogP contribution in [-0.4, -0.2) is 97.5 Å². The fourth-order valence-corrected chi connectivity index (χ4v) is 5.85. The average molecular weight is 600 g/mol. The molecular formula is C32H45N3O8. The lowest BCUT2D eigenvalue weighted by Crippen LogP contribution is -2.56. The summed E-state index contributed by atoms with van der Waals surface area (Å²) in [6.07, 6.45) is 7.17. The van der Waals surface area contributed by atoms with Crippen molar-refractivity contribution in [3.63, 3.8) is 0 Å². The van der Waals surface area contributed by atoms with Gasteiger partial charge in [0.15, 0.2) is 6.10 Å². The molecule has 4 atom stereocenters. The number of morpholine rings is 1. The largest absolute Gasteiger partial charge is 0.463 e. The van der Waals surface area contributed by atoms with E-state index in [9.17, 15) is 24.3 Å². The van der Waals surface area contributed by atoms with Crippen molar-refractivity contribution in [2.45, 2.75) is 82.1 Å². The van der Waals surface area contributed by atoms with Gasteiger partial charge in [-0.3, -0.25) is 19.3 Å². The molecule has 3 N–H and O–H groups in total. The van der Waals surface area contributed by atoms with Gasteiger partial charge in [0.2, 0.25) is 11.8 Å². The molecule has 0 bridgehead atoms. The number of rotatable bonds is 7. The number of aliphatic hydroxyl groups excluding tert-OH is 1. The molecule has 11 nitrogen and oxygen atoms in total. The van der Waals surface area contributed by atoms with Gasteiger partial charge < -0.3 is 30.0 Å². The predicted molar refractivity (Wildman–Crippen MR) is 158 cm³/mol. The van der Waals surface area contributed by atoms with E-state index in [1.807, 2.05) is 30.3 Å². The molecule has 2 aliphatic heterocycles. The highest BCUT2D eigenvalue weighted by molar-refractivity contribution is 5.96. The van der Waals surface area contributed by atoms with Crippen molar-refractivity contribution in [1.82, 2.24) is 15.5 Å². The van der Waals surface area contributed by atoms with Crippen molar-refractivity contribution in [3.05, 3.63) is 42.0 Å². The van der Waals surface area contributed by atoms with E-state index in [1.165, 1.54) is 6.08 Å². The molecule has 1 aromatic rings. The lowest BCUT2D eigenvalue weighted by atomic mass is 9.83.